The highest BCUT2D eigenvalue weighted by Crippen LogP contribution is 2.48. The third-order valence-electron chi connectivity index (χ3n) is 7.43. The first-order valence-electron chi connectivity index (χ1n) is 13.6. The Bertz CT molecular complexity index is 1750. The SMILES string of the molecule is Cc1cccc(-n2nc(-c3ccccc3)c3c2N(CC(=O)NCc2ccco2)C(=O)CSC3c2cccc(F)c2)c1C. The number of aryl methyl sites for hydroxylation is 1. The van der Waals surface area contributed by atoms with Crippen LogP contribution in [0.15, 0.2) is 95.6 Å². The molecule has 3 heterocycles. The number of fused-ring (bicyclic) bond motifs is 1. The van der Waals surface area contributed by atoms with E-state index in [0.29, 0.717) is 17.3 Å². The summed E-state index contributed by atoms with van der Waals surface area (Å²) in [5, 5.41) is 7.57. The molecule has 1 unspecified atom stereocenters. The van der Waals surface area contributed by atoms with Gasteiger partial charge in [0, 0.05) is 11.1 Å². The number of anilines is 1. The number of furan rings is 1. The second-order valence-electron chi connectivity index (χ2n) is 10.2. The molecule has 1 atom stereocenters. The van der Waals surface area contributed by atoms with Gasteiger partial charge in [0.2, 0.25) is 11.8 Å². The molecule has 2 aromatic heterocycles. The monoisotopic (exact) mass is 580 g/mol. The first-order valence-corrected chi connectivity index (χ1v) is 14.7. The molecule has 6 rings (SSSR count). The molecular formula is C33H29FN4O3S. The van der Waals surface area contributed by atoms with E-state index in [0.717, 1.165) is 33.5 Å². The number of carbonyl (C=O) groups is 2. The molecule has 1 N–H and O–H groups in total. The molecule has 212 valence electrons. The van der Waals surface area contributed by atoms with Crippen LogP contribution in [-0.2, 0) is 16.1 Å². The van der Waals surface area contributed by atoms with Crippen molar-refractivity contribution in [2.45, 2.75) is 25.6 Å². The summed E-state index contributed by atoms with van der Waals surface area (Å²) in [6.45, 7) is 4.02. The number of hydrogen-bond donors (Lipinski definition) is 1. The van der Waals surface area contributed by atoms with Crippen LogP contribution in [-0.4, -0.2) is 33.9 Å². The average Bonchev–Trinajstić information content (AvgIpc) is 3.63. The zero-order valence-corrected chi connectivity index (χ0v) is 24.0. The maximum Gasteiger partial charge on any atom is 0.240 e. The zero-order chi connectivity index (χ0) is 29.2. The highest BCUT2D eigenvalue weighted by atomic mass is 32.2. The van der Waals surface area contributed by atoms with Crippen LogP contribution in [0.25, 0.3) is 16.9 Å². The van der Waals surface area contributed by atoms with Gasteiger partial charge in [-0.2, -0.15) is 5.10 Å². The van der Waals surface area contributed by atoms with E-state index in [1.54, 1.807) is 29.1 Å². The van der Waals surface area contributed by atoms with E-state index in [9.17, 15) is 14.0 Å². The van der Waals surface area contributed by atoms with Crippen LogP contribution in [0.1, 0.15) is 33.3 Å². The van der Waals surface area contributed by atoms with Gasteiger partial charge >= 0.3 is 0 Å². The number of hydrogen-bond acceptors (Lipinski definition) is 5. The number of carbonyl (C=O) groups excluding carboxylic acids is 2. The lowest BCUT2D eigenvalue weighted by atomic mass is 9.99. The summed E-state index contributed by atoms with van der Waals surface area (Å²) < 4.78 is 21.7. The minimum absolute atomic E-state index is 0.0996. The van der Waals surface area contributed by atoms with Crippen molar-refractivity contribution in [3.05, 3.63) is 125 Å². The second-order valence-corrected chi connectivity index (χ2v) is 11.3. The van der Waals surface area contributed by atoms with E-state index >= 15 is 0 Å². The molecule has 0 saturated heterocycles. The fourth-order valence-corrected chi connectivity index (χ4v) is 6.38. The van der Waals surface area contributed by atoms with E-state index in [2.05, 4.69) is 5.32 Å². The van der Waals surface area contributed by atoms with Crippen LogP contribution in [0.3, 0.4) is 0 Å². The standard InChI is InChI=1S/C33H29FN4O3S/c1-21-9-6-15-27(22(21)2)38-33-30(31(36-38)23-10-4-3-5-11-23)32(24-12-7-13-25(34)17-24)42-20-29(40)37(33)19-28(39)35-18-26-14-8-16-41-26/h3-17,32H,18-20H2,1-2H3,(H,35,39). The summed E-state index contributed by atoms with van der Waals surface area (Å²) in [5.74, 6) is 0.277. The fourth-order valence-electron chi connectivity index (χ4n) is 5.19. The van der Waals surface area contributed by atoms with Crippen molar-refractivity contribution in [3.8, 4) is 16.9 Å². The van der Waals surface area contributed by atoms with Gasteiger partial charge in [-0.05, 0) is 60.9 Å². The normalized spacial score (nSPS) is 14.9. The number of nitrogens with one attached hydrogen (secondary N) is 1. The summed E-state index contributed by atoms with van der Waals surface area (Å²) in [4.78, 5) is 28.7. The molecule has 0 spiro atoms. The van der Waals surface area contributed by atoms with Gasteiger partial charge in [0.05, 0.1) is 35.2 Å². The predicted molar refractivity (Wildman–Crippen MR) is 162 cm³/mol. The number of rotatable bonds is 7. The minimum Gasteiger partial charge on any atom is -0.467 e. The predicted octanol–water partition coefficient (Wildman–Crippen LogP) is 6.37. The number of nitrogens with zero attached hydrogens (tertiary/aromatic N) is 3. The van der Waals surface area contributed by atoms with Gasteiger partial charge in [-0.3, -0.25) is 14.5 Å². The van der Waals surface area contributed by atoms with Crippen LogP contribution in [0.5, 0.6) is 0 Å². The third-order valence-corrected chi connectivity index (χ3v) is 8.69. The third kappa shape index (κ3) is 5.35. The topological polar surface area (TPSA) is 80.4 Å². The first-order chi connectivity index (χ1) is 20.4. The highest BCUT2D eigenvalue weighted by molar-refractivity contribution is 8.00. The Kier molecular flexibility index (Phi) is 7.67. The summed E-state index contributed by atoms with van der Waals surface area (Å²) in [6.07, 6.45) is 1.55. The van der Waals surface area contributed by atoms with E-state index in [1.165, 1.54) is 28.8 Å². The Balaban J connectivity index is 1.57. The molecule has 0 fully saturated rings. The van der Waals surface area contributed by atoms with Crippen LogP contribution in [0.2, 0.25) is 0 Å². The number of amides is 2. The van der Waals surface area contributed by atoms with E-state index in [-0.39, 0.29) is 36.5 Å². The van der Waals surface area contributed by atoms with Crippen molar-refractivity contribution in [3.63, 3.8) is 0 Å². The molecule has 3 aromatic carbocycles. The van der Waals surface area contributed by atoms with Crippen LogP contribution < -0.4 is 10.2 Å². The van der Waals surface area contributed by atoms with E-state index < -0.39 is 5.25 Å². The molecule has 1 aliphatic rings. The van der Waals surface area contributed by atoms with Crippen molar-refractivity contribution in [2.75, 3.05) is 17.2 Å². The first kappa shape index (κ1) is 27.5. The van der Waals surface area contributed by atoms with Gasteiger partial charge in [-0.25, -0.2) is 9.07 Å². The van der Waals surface area contributed by atoms with Gasteiger partial charge in [-0.1, -0.05) is 54.6 Å². The van der Waals surface area contributed by atoms with Gasteiger partial charge in [-0.15, -0.1) is 11.8 Å². The molecule has 5 aromatic rings. The summed E-state index contributed by atoms with van der Waals surface area (Å²) in [6, 6.07) is 25.7. The van der Waals surface area contributed by atoms with Crippen molar-refractivity contribution < 1.29 is 18.4 Å². The van der Waals surface area contributed by atoms with Gasteiger partial charge in [0.1, 0.15) is 23.9 Å². The summed E-state index contributed by atoms with van der Waals surface area (Å²) >= 11 is 1.41. The number of thioether (sulfide) groups is 1. The average molecular weight is 581 g/mol. The molecular weight excluding hydrogens is 551 g/mol. The van der Waals surface area contributed by atoms with Crippen LogP contribution in [0, 0.1) is 19.7 Å². The highest BCUT2D eigenvalue weighted by Gasteiger charge is 2.38. The molecule has 2 amide bonds. The molecule has 1 aliphatic heterocycles. The van der Waals surface area contributed by atoms with Crippen molar-refractivity contribution in [2.24, 2.45) is 0 Å². The van der Waals surface area contributed by atoms with Crippen LogP contribution >= 0.6 is 11.8 Å². The Labute approximate surface area is 247 Å². The lowest BCUT2D eigenvalue weighted by Gasteiger charge is -2.24. The number of aromatic nitrogens is 2. The Hall–Kier alpha value is -4.63. The lowest BCUT2D eigenvalue weighted by Crippen LogP contribution is -2.42. The largest absolute Gasteiger partial charge is 0.467 e. The molecule has 0 aliphatic carbocycles. The van der Waals surface area contributed by atoms with Crippen LogP contribution in [0.4, 0.5) is 10.2 Å². The molecule has 7 nitrogen and oxygen atoms in total. The Morgan fingerprint density at radius 1 is 1.05 bits per heavy atom. The maximum absolute atomic E-state index is 14.5. The van der Waals surface area contributed by atoms with Crippen molar-refractivity contribution in [1.82, 2.24) is 15.1 Å². The summed E-state index contributed by atoms with van der Waals surface area (Å²) in [7, 11) is 0. The van der Waals surface area contributed by atoms with E-state index in [1.807, 2.05) is 68.4 Å². The van der Waals surface area contributed by atoms with Gasteiger partial charge in [0.25, 0.3) is 0 Å². The molecule has 42 heavy (non-hydrogen) atoms. The Morgan fingerprint density at radius 2 is 1.86 bits per heavy atom. The second kappa shape index (κ2) is 11.7. The fraction of sp³-hybridized carbons (Fsp3) is 0.182. The summed E-state index contributed by atoms with van der Waals surface area (Å²) in [5.41, 5.74) is 5.86. The molecule has 0 bridgehead atoms. The molecule has 9 heteroatoms. The minimum atomic E-state index is -0.412. The van der Waals surface area contributed by atoms with Crippen molar-refractivity contribution >= 4 is 29.4 Å². The molecule has 0 saturated carbocycles. The zero-order valence-electron chi connectivity index (χ0n) is 23.2. The quantitative estimate of drug-likeness (QED) is 0.242. The smallest absolute Gasteiger partial charge is 0.240 e. The van der Waals surface area contributed by atoms with Crippen molar-refractivity contribution in [1.29, 1.82) is 0 Å². The number of benzene rings is 3. The van der Waals surface area contributed by atoms with E-state index in [4.69, 9.17) is 9.52 Å². The lowest BCUT2D eigenvalue weighted by molar-refractivity contribution is -0.123. The van der Waals surface area contributed by atoms with Gasteiger partial charge < -0.3 is 9.73 Å². The maximum atomic E-state index is 14.5. The Morgan fingerprint density at radius 3 is 2.62 bits per heavy atom. The molecule has 0 radical (unpaired) electrons. The van der Waals surface area contributed by atoms with Gasteiger partial charge in [0.15, 0.2) is 0 Å². The number of halogens is 1.